The Morgan fingerprint density at radius 2 is 1.83 bits per heavy atom. The molecule has 2 rings (SSSR count). The molecule has 5 heteroatoms. The van der Waals surface area contributed by atoms with Crippen LogP contribution in [0, 0.1) is 0 Å². The standard InChI is InChI=1S/C18H23NO4/c1-3-13-5-7-14(8-6-13)22-12-16-10-9-15(23-16)11-17(19)18(20)21-4-2/h5-10,17H,3-4,11-12,19H2,1-2H3. The van der Waals surface area contributed by atoms with E-state index in [2.05, 4.69) is 6.92 Å². The maximum atomic E-state index is 11.5. The lowest BCUT2D eigenvalue weighted by atomic mass is 10.2. The normalized spacial score (nSPS) is 12.0. The number of carbonyl (C=O) groups is 1. The smallest absolute Gasteiger partial charge is 0.323 e. The fourth-order valence-electron chi connectivity index (χ4n) is 2.13. The lowest BCUT2D eigenvalue weighted by molar-refractivity contribution is -0.144. The first-order valence-corrected chi connectivity index (χ1v) is 7.84. The predicted molar refractivity (Wildman–Crippen MR) is 87.2 cm³/mol. The number of esters is 1. The molecule has 0 bridgehead atoms. The zero-order chi connectivity index (χ0) is 16.7. The van der Waals surface area contributed by atoms with Crippen LogP contribution in [0.3, 0.4) is 0 Å². The van der Waals surface area contributed by atoms with E-state index in [1.165, 1.54) is 5.56 Å². The van der Waals surface area contributed by atoms with Gasteiger partial charge < -0.3 is 19.6 Å². The van der Waals surface area contributed by atoms with E-state index in [9.17, 15) is 4.79 Å². The van der Waals surface area contributed by atoms with Crippen LogP contribution in [-0.4, -0.2) is 18.6 Å². The van der Waals surface area contributed by atoms with Crippen LogP contribution in [0.2, 0.25) is 0 Å². The monoisotopic (exact) mass is 317 g/mol. The first kappa shape index (κ1) is 17.1. The van der Waals surface area contributed by atoms with Crippen molar-refractivity contribution in [2.45, 2.75) is 39.3 Å². The molecule has 124 valence electrons. The van der Waals surface area contributed by atoms with Gasteiger partial charge in [-0.25, -0.2) is 0 Å². The summed E-state index contributed by atoms with van der Waals surface area (Å²) in [4.78, 5) is 11.5. The van der Waals surface area contributed by atoms with Gasteiger partial charge in [0.05, 0.1) is 6.61 Å². The number of carbonyl (C=O) groups excluding carboxylic acids is 1. The second-order valence-electron chi connectivity index (χ2n) is 5.22. The number of hydrogen-bond acceptors (Lipinski definition) is 5. The van der Waals surface area contributed by atoms with Crippen molar-refractivity contribution in [3.8, 4) is 5.75 Å². The highest BCUT2D eigenvalue weighted by molar-refractivity contribution is 5.75. The van der Waals surface area contributed by atoms with Crippen LogP contribution >= 0.6 is 0 Å². The van der Waals surface area contributed by atoms with Crippen molar-refractivity contribution in [2.75, 3.05) is 6.61 Å². The molecular formula is C18H23NO4. The Bertz CT molecular complexity index is 618. The molecule has 1 heterocycles. The Morgan fingerprint density at radius 3 is 2.48 bits per heavy atom. The SMILES string of the molecule is CCOC(=O)C(N)Cc1ccc(COc2ccc(CC)cc2)o1. The molecule has 2 N–H and O–H groups in total. The topological polar surface area (TPSA) is 74.7 Å². The highest BCUT2D eigenvalue weighted by Gasteiger charge is 2.17. The number of furan rings is 1. The summed E-state index contributed by atoms with van der Waals surface area (Å²) in [5.41, 5.74) is 7.04. The number of nitrogens with two attached hydrogens (primary N) is 1. The molecule has 0 aliphatic rings. The van der Waals surface area contributed by atoms with Gasteiger partial charge in [0.2, 0.25) is 0 Å². The maximum absolute atomic E-state index is 11.5. The fraction of sp³-hybridized carbons (Fsp3) is 0.389. The minimum Gasteiger partial charge on any atom is -0.486 e. The Hall–Kier alpha value is -2.27. The zero-order valence-corrected chi connectivity index (χ0v) is 13.6. The Balaban J connectivity index is 1.85. The van der Waals surface area contributed by atoms with Gasteiger partial charge in [-0.3, -0.25) is 4.79 Å². The average molecular weight is 317 g/mol. The van der Waals surface area contributed by atoms with Gasteiger partial charge in [0.15, 0.2) is 0 Å². The third-order valence-electron chi connectivity index (χ3n) is 3.44. The van der Waals surface area contributed by atoms with Crippen molar-refractivity contribution in [1.29, 1.82) is 0 Å². The second-order valence-corrected chi connectivity index (χ2v) is 5.22. The molecule has 0 aliphatic heterocycles. The molecule has 0 spiro atoms. The molecule has 0 aliphatic carbocycles. The molecule has 1 aromatic carbocycles. The van der Waals surface area contributed by atoms with Gasteiger partial charge in [0.25, 0.3) is 0 Å². The molecule has 2 aromatic rings. The quantitative estimate of drug-likeness (QED) is 0.758. The van der Waals surface area contributed by atoms with Gasteiger partial charge in [0.1, 0.15) is 29.9 Å². The average Bonchev–Trinajstić information content (AvgIpc) is 3.01. The van der Waals surface area contributed by atoms with Crippen LogP contribution in [0.1, 0.15) is 30.9 Å². The molecule has 0 amide bonds. The molecule has 0 saturated heterocycles. The molecule has 0 saturated carbocycles. The van der Waals surface area contributed by atoms with Crippen molar-refractivity contribution in [3.05, 3.63) is 53.5 Å². The second kappa shape index (κ2) is 8.39. The van der Waals surface area contributed by atoms with Crippen LogP contribution in [0.4, 0.5) is 0 Å². The summed E-state index contributed by atoms with van der Waals surface area (Å²) >= 11 is 0. The maximum Gasteiger partial charge on any atom is 0.323 e. The summed E-state index contributed by atoms with van der Waals surface area (Å²) < 4.78 is 16.2. The van der Waals surface area contributed by atoms with E-state index in [0.717, 1.165) is 12.2 Å². The number of aryl methyl sites for hydroxylation is 1. The molecule has 1 unspecified atom stereocenters. The molecule has 1 aromatic heterocycles. The summed E-state index contributed by atoms with van der Waals surface area (Å²) in [6, 6.07) is 10.9. The largest absolute Gasteiger partial charge is 0.486 e. The van der Waals surface area contributed by atoms with Crippen LogP contribution in [0.5, 0.6) is 5.75 Å². The lowest BCUT2D eigenvalue weighted by Crippen LogP contribution is -2.34. The molecular weight excluding hydrogens is 294 g/mol. The van der Waals surface area contributed by atoms with Crippen molar-refractivity contribution >= 4 is 5.97 Å². The molecule has 5 nitrogen and oxygen atoms in total. The highest BCUT2D eigenvalue weighted by atomic mass is 16.5. The molecule has 23 heavy (non-hydrogen) atoms. The third kappa shape index (κ3) is 5.14. The number of hydrogen-bond donors (Lipinski definition) is 1. The van der Waals surface area contributed by atoms with Crippen molar-refractivity contribution in [3.63, 3.8) is 0 Å². The summed E-state index contributed by atoms with van der Waals surface area (Å²) in [6.07, 6.45) is 1.31. The number of rotatable bonds is 8. The molecule has 1 atom stereocenters. The van der Waals surface area contributed by atoms with E-state index in [0.29, 0.717) is 31.2 Å². The van der Waals surface area contributed by atoms with E-state index < -0.39 is 12.0 Å². The summed E-state index contributed by atoms with van der Waals surface area (Å²) in [6.45, 7) is 4.52. The van der Waals surface area contributed by atoms with Gasteiger partial charge in [-0.2, -0.15) is 0 Å². The van der Waals surface area contributed by atoms with Gasteiger partial charge >= 0.3 is 5.97 Å². The third-order valence-corrected chi connectivity index (χ3v) is 3.44. The predicted octanol–water partition coefficient (Wildman–Crippen LogP) is 2.85. The lowest BCUT2D eigenvalue weighted by Gasteiger charge is -2.08. The number of ether oxygens (including phenoxy) is 2. The summed E-state index contributed by atoms with van der Waals surface area (Å²) in [7, 11) is 0. The van der Waals surface area contributed by atoms with Crippen LogP contribution in [0.25, 0.3) is 0 Å². The Labute approximate surface area is 136 Å². The van der Waals surface area contributed by atoms with E-state index >= 15 is 0 Å². The fourth-order valence-corrected chi connectivity index (χ4v) is 2.13. The zero-order valence-electron chi connectivity index (χ0n) is 13.6. The van der Waals surface area contributed by atoms with Crippen molar-refractivity contribution in [2.24, 2.45) is 5.73 Å². The summed E-state index contributed by atoms with van der Waals surface area (Å²) in [5.74, 6) is 1.71. The first-order valence-electron chi connectivity index (χ1n) is 7.84. The molecule has 0 fully saturated rings. The first-order chi connectivity index (χ1) is 11.1. The van der Waals surface area contributed by atoms with E-state index in [-0.39, 0.29) is 0 Å². The summed E-state index contributed by atoms with van der Waals surface area (Å²) in [5, 5.41) is 0. The van der Waals surface area contributed by atoms with Crippen molar-refractivity contribution in [1.82, 2.24) is 0 Å². The Kier molecular flexibility index (Phi) is 6.23. The highest BCUT2D eigenvalue weighted by Crippen LogP contribution is 2.16. The Morgan fingerprint density at radius 1 is 1.13 bits per heavy atom. The van der Waals surface area contributed by atoms with Gasteiger partial charge in [-0.1, -0.05) is 19.1 Å². The van der Waals surface area contributed by atoms with E-state index in [1.807, 2.05) is 30.3 Å². The number of benzene rings is 1. The van der Waals surface area contributed by atoms with Crippen LogP contribution in [0.15, 0.2) is 40.8 Å². The van der Waals surface area contributed by atoms with Crippen molar-refractivity contribution < 1.29 is 18.7 Å². The van der Waals surface area contributed by atoms with E-state index in [1.54, 1.807) is 13.0 Å². The van der Waals surface area contributed by atoms with Gasteiger partial charge in [-0.05, 0) is 43.2 Å². The van der Waals surface area contributed by atoms with Crippen LogP contribution in [-0.2, 0) is 29.0 Å². The minimum atomic E-state index is -0.712. The van der Waals surface area contributed by atoms with Gasteiger partial charge in [0, 0.05) is 6.42 Å². The minimum absolute atomic E-state index is 0.310. The van der Waals surface area contributed by atoms with Crippen LogP contribution < -0.4 is 10.5 Å². The van der Waals surface area contributed by atoms with Gasteiger partial charge in [-0.15, -0.1) is 0 Å². The van der Waals surface area contributed by atoms with E-state index in [4.69, 9.17) is 19.6 Å². The molecule has 0 radical (unpaired) electrons.